The van der Waals surface area contributed by atoms with Crippen molar-refractivity contribution >= 4 is 12.0 Å². The molecule has 1 aromatic carbocycles. The molecule has 2 amide bonds. The lowest BCUT2D eigenvalue weighted by Crippen LogP contribution is -2.43. The summed E-state index contributed by atoms with van der Waals surface area (Å²) in [5.41, 5.74) is 2.96. The number of carbonyl (C=O) groups is 2. The molecular formula is C20H25N3O4. The van der Waals surface area contributed by atoms with Gasteiger partial charge in [-0.3, -0.25) is 4.79 Å². The summed E-state index contributed by atoms with van der Waals surface area (Å²) >= 11 is 0. The molecule has 0 saturated carbocycles. The molecule has 3 rings (SSSR count). The maximum absolute atomic E-state index is 12.3. The summed E-state index contributed by atoms with van der Waals surface area (Å²) in [5, 5.41) is 18.7. The van der Waals surface area contributed by atoms with Gasteiger partial charge in [-0.1, -0.05) is 35.5 Å². The van der Waals surface area contributed by atoms with Crippen LogP contribution < -0.4 is 10.6 Å². The minimum atomic E-state index is -0.871. The van der Waals surface area contributed by atoms with Crippen molar-refractivity contribution in [3.63, 3.8) is 0 Å². The Hall–Kier alpha value is -2.83. The van der Waals surface area contributed by atoms with Gasteiger partial charge in [-0.25, -0.2) is 4.79 Å². The number of nitrogens with one attached hydrogen (secondary N) is 2. The molecule has 0 saturated heterocycles. The van der Waals surface area contributed by atoms with Crippen LogP contribution in [0.15, 0.2) is 34.9 Å². The molecule has 2 aromatic rings. The molecule has 0 radical (unpaired) electrons. The topological polar surface area (TPSA) is 104 Å². The fraction of sp³-hybridized carbons (Fsp3) is 0.450. The van der Waals surface area contributed by atoms with Crippen molar-refractivity contribution in [3.05, 3.63) is 52.9 Å². The highest BCUT2D eigenvalue weighted by Gasteiger charge is 2.20. The van der Waals surface area contributed by atoms with Crippen LogP contribution in [0.5, 0.6) is 0 Å². The van der Waals surface area contributed by atoms with Gasteiger partial charge in [0, 0.05) is 24.4 Å². The van der Waals surface area contributed by atoms with Crippen molar-refractivity contribution in [1.82, 2.24) is 15.8 Å². The molecule has 0 bridgehead atoms. The van der Waals surface area contributed by atoms with E-state index in [9.17, 15) is 9.59 Å². The third kappa shape index (κ3) is 5.57. The summed E-state index contributed by atoms with van der Waals surface area (Å²) in [6, 6.07) is 9.14. The zero-order valence-electron chi connectivity index (χ0n) is 15.2. The zero-order valence-corrected chi connectivity index (χ0v) is 15.2. The van der Waals surface area contributed by atoms with Crippen LogP contribution in [0.1, 0.15) is 48.3 Å². The lowest BCUT2D eigenvalue weighted by Gasteiger charge is -2.18. The standard InChI is InChI=1S/C20H25N3O4/c24-19(25)11-10-15(12-14-6-2-1-3-7-14)22-20(26)21-13-17-16-8-4-5-9-18(16)27-23-17/h1-3,6-7,15H,4-5,8-13H2,(H,24,25)(H2,21,22,26). The fourth-order valence-corrected chi connectivity index (χ4v) is 3.41. The van der Waals surface area contributed by atoms with Crippen molar-refractivity contribution < 1.29 is 19.2 Å². The maximum Gasteiger partial charge on any atom is 0.315 e. The molecule has 0 spiro atoms. The number of urea groups is 1. The first-order valence-corrected chi connectivity index (χ1v) is 9.38. The van der Waals surface area contributed by atoms with Crippen molar-refractivity contribution in [2.24, 2.45) is 0 Å². The molecule has 1 heterocycles. The molecule has 1 aromatic heterocycles. The third-order valence-electron chi connectivity index (χ3n) is 4.81. The third-order valence-corrected chi connectivity index (χ3v) is 4.81. The Morgan fingerprint density at radius 1 is 1.19 bits per heavy atom. The number of aromatic nitrogens is 1. The Morgan fingerprint density at radius 3 is 2.74 bits per heavy atom. The van der Waals surface area contributed by atoms with Gasteiger partial charge in [-0.15, -0.1) is 0 Å². The molecule has 144 valence electrons. The quantitative estimate of drug-likeness (QED) is 0.662. The molecule has 27 heavy (non-hydrogen) atoms. The van der Waals surface area contributed by atoms with Gasteiger partial charge in [-0.2, -0.15) is 0 Å². The minimum absolute atomic E-state index is 0.00851. The second-order valence-electron chi connectivity index (χ2n) is 6.88. The van der Waals surface area contributed by atoms with Gasteiger partial charge in [-0.05, 0) is 37.7 Å². The van der Waals surface area contributed by atoms with Gasteiger partial charge < -0.3 is 20.3 Å². The molecule has 1 aliphatic rings. The van der Waals surface area contributed by atoms with E-state index in [0.717, 1.165) is 48.3 Å². The summed E-state index contributed by atoms with van der Waals surface area (Å²) in [6.45, 7) is 0.307. The number of carboxylic acid groups (broad SMARTS) is 1. The Morgan fingerprint density at radius 2 is 1.96 bits per heavy atom. The van der Waals surface area contributed by atoms with E-state index in [1.807, 2.05) is 30.3 Å². The summed E-state index contributed by atoms with van der Waals surface area (Å²) in [4.78, 5) is 23.2. The van der Waals surface area contributed by atoms with Crippen molar-refractivity contribution in [2.45, 2.75) is 57.5 Å². The Kier molecular flexibility index (Phi) is 6.46. The highest BCUT2D eigenvalue weighted by molar-refractivity contribution is 5.74. The number of hydrogen-bond donors (Lipinski definition) is 3. The molecule has 7 heteroatoms. The van der Waals surface area contributed by atoms with Crippen molar-refractivity contribution in [2.75, 3.05) is 0 Å². The molecule has 7 nitrogen and oxygen atoms in total. The number of aryl methyl sites for hydroxylation is 1. The first-order chi connectivity index (χ1) is 13.1. The van der Waals surface area contributed by atoms with Gasteiger partial charge in [0.2, 0.25) is 0 Å². The largest absolute Gasteiger partial charge is 0.481 e. The van der Waals surface area contributed by atoms with Crippen LogP contribution >= 0.6 is 0 Å². The highest BCUT2D eigenvalue weighted by atomic mass is 16.5. The second kappa shape index (κ2) is 9.21. The van der Waals surface area contributed by atoms with Gasteiger partial charge in [0.1, 0.15) is 11.5 Å². The number of carboxylic acids is 1. The Labute approximate surface area is 158 Å². The Balaban J connectivity index is 1.55. The van der Waals surface area contributed by atoms with E-state index in [2.05, 4.69) is 15.8 Å². The first-order valence-electron chi connectivity index (χ1n) is 9.38. The fourth-order valence-electron chi connectivity index (χ4n) is 3.41. The van der Waals surface area contributed by atoms with Gasteiger partial charge >= 0.3 is 12.0 Å². The molecule has 1 aliphatic carbocycles. The summed E-state index contributed by atoms with van der Waals surface area (Å²) < 4.78 is 5.36. The van der Waals surface area contributed by atoms with Crippen LogP contribution in [-0.2, 0) is 30.6 Å². The van der Waals surface area contributed by atoms with Gasteiger partial charge in [0.25, 0.3) is 0 Å². The molecule has 0 fully saturated rings. The van der Waals surface area contributed by atoms with Crippen LogP contribution in [0.3, 0.4) is 0 Å². The zero-order chi connectivity index (χ0) is 19.1. The van der Waals surface area contributed by atoms with Crippen LogP contribution in [-0.4, -0.2) is 28.3 Å². The van der Waals surface area contributed by atoms with Crippen LogP contribution in [0.25, 0.3) is 0 Å². The number of rotatable bonds is 8. The number of nitrogens with zero attached hydrogens (tertiary/aromatic N) is 1. The molecule has 0 aliphatic heterocycles. The Bertz CT molecular complexity index is 773. The lowest BCUT2D eigenvalue weighted by atomic mass is 9.96. The predicted molar refractivity (Wildman–Crippen MR) is 99.3 cm³/mol. The molecule has 1 unspecified atom stereocenters. The number of benzene rings is 1. The summed E-state index contributed by atoms with van der Waals surface area (Å²) in [5.74, 6) is 0.0614. The molecular weight excluding hydrogens is 346 g/mol. The van der Waals surface area contributed by atoms with Crippen molar-refractivity contribution in [3.8, 4) is 0 Å². The maximum atomic E-state index is 12.3. The van der Waals surface area contributed by atoms with E-state index < -0.39 is 5.97 Å². The minimum Gasteiger partial charge on any atom is -0.481 e. The average molecular weight is 371 g/mol. The number of carbonyl (C=O) groups excluding carboxylic acids is 1. The van der Waals surface area contributed by atoms with E-state index in [0.29, 0.717) is 19.4 Å². The number of hydrogen-bond acceptors (Lipinski definition) is 4. The smallest absolute Gasteiger partial charge is 0.315 e. The van der Waals surface area contributed by atoms with E-state index in [-0.39, 0.29) is 18.5 Å². The van der Waals surface area contributed by atoms with E-state index in [4.69, 9.17) is 9.63 Å². The average Bonchev–Trinajstić information content (AvgIpc) is 3.08. The van der Waals surface area contributed by atoms with Gasteiger partial charge in [0.15, 0.2) is 0 Å². The molecule has 3 N–H and O–H groups in total. The van der Waals surface area contributed by atoms with Gasteiger partial charge in [0.05, 0.1) is 6.54 Å². The van der Waals surface area contributed by atoms with E-state index >= 15 is 0 Å². The number of fused-ring (bicyclic) bond motifs is 1. The highest BCUT2D eigenvalue weighted by Crippen LogP contribution is 2.23. The number of aliphatic carboxylic acids is 1. The normalized spacial score (nSPS) is 14.2. The summed E-state index contributed by atoms with van der Waals surface area (Å²) in [7, 11) is 0. The second-order valence-corrected chi connectivity index (χ2v) is 6.88. The number of amides is 2. The van der Waals surface area contributed by atoms with E-state index in [1.165, 1.54) is 0 Å². The van der Waals surface area contributed by atoms with E-state index in [1.54, 1.807) is 0 Å². The monoisotopic (exact) mass is 371 g/mol. The SMILES string of the molecule is O=C(O)CCC(Cc1ccccc1)NC(=O)NCc1noc2c1CCCC2. The summed E-state index contributed by atoms with van der Waals surface area (Å²) in [6.07, 6.45) is 5.03. The van der Waals surface area contributed by atoms with Crippen LogP contribution in [0.4, 0.5) is 4.79 Å². The lowest BCUT2D eigenvalue weighted by molar-refractivity contribution is -0.137. The van der Waals surface area contributed by atoms with Crippen LogP contribution in [0, 0.1) is 0 Å². The molecule has 1 atom stereocenters. The van der Waals surface area contributed by atoms with Crippen molar-refractivity contribution in [1.29, 1.82) is 0 Å². The van der Waals surface area contributed by atoms with Crippen LogP contribution in [0.2, 0.25) is 0 Å². The first kappa shape index (κ1) is 18.9. The predicted octanol–water partition coefficient (Wildman–Crippen LogP) is 2.83.